The molecule has 1 saturated carbocycles. The molecule has 1 heterocycles. The van der Waals surface area contributed by atoms with E-state index in [0.717, 1.165) is 23.9 Å². The van der Waals surface area contributed by atoms with Crippen LogP contribution in [0.4, 0.5) is 5.69 Å². The van der Waals surface area contributed by atoms with Crippen molar-refractivity contribution in [1.29, 1.82) is 0 Å². The lowest BCUT2D eigenvalue weighted by Gasteiger charge is -2.07. The number of aromatic nitrogens is 1. The van der Waals surface area contributed by atoms with Crippen LogP contribution in [0.3, 0.4) is 0 Å². The summed E-state index contributed by atoms with van der Waals surface area (Å²) in [6.45, 7) is 0.458. The van der Waals surface area contributed by atoms with Crippen LogP contribution in [-0.4, -0.2) is 11.1 Å². The summed E-state index contributed by atoms with van der Waals surface area (Å²) < 4.78 is 11.4. The summed E-state index contributed by atoms with van der Waals surface area (Å²) in [5.74, 6) is 0.637. The summed E-state index contributed by atoms with van der Waals surface area (Å²) in [6, 6.07) is 5.48. The Morgan fingerprint density at radius 3 is 3.00 bits per heavy atom. The van der Waals surface area contributed by atoms with Crippen LogP contribution >= 0.6 is 0 Å². The van der Waals surface area contributed by atoms with E-state index < -0.39 is 0 Å². The molecule has 0 aliphatic heterocycles. The number of fused-ring (bicyclic) bond motifs is 1. The fourth-order valence-electron chi connectivity index (χ4n) is 2.30. The highest BCUT2D eigenvalue weighted by Gasteiger charge is 2.16. The molecular formula is C13H16N2O2. The molecular weight excluding hydrogens is 216 g/mol. The van der Waals surface area contributed by atoms with Crippen LogP contribution in [-0.2, 0) is 11.3 Å². The molecule has 0 spiro atoms. The van der Waals surface area contributed by atoms with Crippen molar-refractivity contribution in [3.05, 3.63) is 24.1 Å². The van der Waals surface area contributed by atoms with Crippen LogP contribution < -0.4 is 5.73 Å². The Hall–Kier alpha value is -1.55. The molecule has 3 rings (SSSR count). The molecule has 2 aromatic rings. The van der Waals surface area contributed by atoms with Crippen molar-refractivity contribution in [3.8, 4) is 0 Å². The third kappa shape index (κ3) is 2.26. The number of nitrogens with two attached hydrogens (primary N) is 1. The molecule has 4 heteroatoms. The molecule has 0 saturated heterocycles. The van der Waals surface area contributed by atoms with E-state index in [1.54, 1.807) is 0 Å². The minimum absolute atomic E-state index is 0.384. The number of anilines is 1. The van der Waals surface area contributed by atoms with Crippen LogP contribution in [0.5, 0.6) is 0 Å². The first-order valence-corrected chi connectivity index (χ1v) is 6.08. The van der Waals surface area contributed by atoms with E-state index in [9.17, 15) is 0 Å². The summed E-state index contributed by atoms with van der Waals surface area (Å²) in [7, 11) is 0. The maximum Gasteiger partial charge on any atom is 0.221 e. The van der Waals surface area contributed by atoms with E-state index in [1.165, 1.54) is 12.8 Å². The first-order chi connectivity index (χ1) is 8.31. The van der Waals surface area contributed by atoms with Crippen molar-refractivity contribution in [2.45, 2.75) is 38.4 Å². The lowest BCUT2D eigenvalue weighted by Crippen LogP contribution is -2.07. The van der Waals surface area contributed by atoms with Gasteiger partial charge in [0.2, 0.25) is 5.89 Å². The Labute approximate surface area is 99.8 Å². The molecule has 17 heavy (non-hydrogen) atoms. The van der Waals surface area contributed by atoms with Gasteiger partial charge in [-0.1, -0.05) is 12.8 Å². The maximum absolute atomic E-state index is 5.76. The number of nitrogen functional groups attached to an aromatic ring is 1. The smallest absolute Gasteiger partial charge is 0.221 e. The second-order valence-electron chi connectivity index (χ2n) is 4.55. The average molecular weight is 232 g/mol. The molecule has 0 radical (unpaired) electrons. The highest BCUT2D eigenvalue weighted by molar-refractivity contribution is 5.76. The Morgan fingerprint density at radius 1 is 1.35 bits per heavy atom. The van der Waals surface area contributed by atoms with Crippen LogP contribution in [0.2, 0.25) is 0 Å². The van der Waals surface area contributed by atoms with Gasteiger partial charge in [-0.3, -0.25) is 0 Å². The van der Waals surface area contributed by atoms with Gasteiger partial charge < -0.3 is 14.9 Å². The molecule has 0 amide bonds. The summed E-state index contributed by atoms with van der Waals surface area (Å²) in [6.07, 6.45) is 5.25. The van der Waals surface area contributed by atoms with Crippen LogP contribution in [0.15, 0.2) is 22.6 Å². The molecule has 1 fully saturated rings. The monoisotopic (exact) mass is 232 g/mol. The molecule has 1 aliphatic carbocycles. The Morgan fingerprint density at radius 2 is 2.18 bits per heavy atom. The van der Waals surface area contributed by atoms with E-state index in [-0.39, 0.29) is 0 Å². The predicted molar refractivity (Wildman–Crippen MR) is 65.5 cm³/mol. The van der Waals surface area contributed by atoms with Crippen LogP contribution in [0, 0.1) is 0 Å². The number of nitrogens with zero attached hydrogens (tertiary/aromatic N) is 1. The van der Waals surface area contributed by atoms with Gasteiger partial charge in [0.25, 0.3) is 0 Å². The van der Waals surface area contributed by atoms with Crippen molar-refractivity contribution in [1.82, 2.24) is 4.98 Å². The van der Waals surface area contributed by atoms with E-state index in [1.807, 2.05) is 18.2 Å². The second-order valence-corrected chi connectivity index (χ2v) is 4.55. The Bertz CT molecular complexity index is 515. The minimum Gasteiger partial charge on any atom is -0.438 e. The predicted octanol–water partition coefficient (Wildman–Crippen LogP) is 2.87. The normalized spacial score (nSPS) is 16.9. The summed E-state index contributed by atoms with van der Waals surface area (Å²) in [4.78, 5) is 4.36. The second kappa shape index (κ2) is 4.37. The van der Waals surface area contributed by atoms with Gasteiger partial charge in [-0.25, -0.2) is 4.98 Å². The zero-order valence-electron chi connectivity index (χ0n) is 9.69. The third-order valence-electron chi connectivity index (χ3n) is 3.20. The van der Waals surface area contributed by atoms with E-state index in [0.29, 0.717) is 24.3 Å². The fraction of sp³-hybridized carbons (Fsp3) is 0.462. The number of benzene rings is 1. The highest BCUT2D eigenvalue weighted by atomic mass is 16.5. The van der Waals surface area contributed by atoms with Gasteiger partial charge in [0.15, 0.2) is 5.58 Å². The number of ether oxygens (including phenoxy) is 1. The summed E-state index contributed by atoms with van der Waals surface area (Å²) in [5.41, 5.74) is 7.97. The van der Waals surface area contributed by atoms with Crippen molar-refractivity contribution < 1.29 is 9.15 Å². The number of hydrogen-bond acceptors (Lipinski definition) is 4. The van der Waals surface area contributed by atoms with Gasteiger partial charge in [-0.2, -0.15) is 0 Å². The van der Waals surface area contributed by atoms with Crippen LogP contribution in [0.25, 0.3) is 11.1 Å². The average Bonchev–Trinajstić information content (AvgIpc) is 2.94. The molecule has 0 atom stereocenters. The summed E-state index contributed by atoms with van der Waals surface area (Å²) >= 11 is 0. The number of hydrogen-bond donors (Lipinski definition) is 1. The summed E-state index contributed by atoms with van der Waals surface area (Å²) in [5, 5.41) is 0. The van der Waals surface area contributed by atoms with E-state index in [4.69, 9.17) is 14.9 Å². The van der Waals surface area contributed by atoms with Gasteiger partial charge in [0, 0.05) is 5.69 Å². The van der Waals surface area contributed by atoms with Gasteiger partial charge in [-0.15, -0.1) is 0 Å². The number of rotatable bonds is 3. The van der Waals surface area contributed by atoms with E-state index in [2.05, 4.69) is 4.98 Å². The molecule has 1 aromatic heterocycles. The minimum atomic E-state index is 0.384. The number of oxazole rings is 1. The molecule has 90 valence electrons. The zero-order chi connectivity index (χ0) is 11.7. The molecule has 1 aromatic carbocycles. The quantitative estimate of drug-likeness (QED) is 0.826. The molecule has 2 N–H and O–H groups in total. The largest absolute Gasteiger partial charge is 0.438 e. The first kappa shape index (κ1) is 10.6. The maximum atomic E-state index is 5.76. The Balaban J connectivity index is 1.72. The molecule has 0 unspecified atom stereocenters. The SMILES string of the molecule is Nc1ccc2oc(COC3CCCC3)nc2c1. The third-order valence-corrected chi connectivity index (χ3v) is 3.20. The Kier molecular flexibility index (Phi) is 2.73. The standard InChI is InChI=1S/C13H16N2O2/c14-9-5-6-12-11(7-9)15-13(17-12)8-16-10-3-1-2-4-10/h5-7,10H,1-4,8,14H2. The zero-order valence-corrected chi connectivity index (χ0v) is 9.69. The lowest BCUT2D eigenvalue weighted by molar-refractivity contribution is 0.0340. The van der Waals surface area contributed by atoms with Crippen molar-refractivity contribution in [2.24, 2.45) is 0 Å². The van der Waals surface area contributed by atoms with Gasteiger partial charge >= 0.3 is 0 Å². The van der Waals surface area contributed by atoms with Gasteiger partial charge in [-0.05, 0) is 31.0 Å². The lowest BCUT2D eigenvalue weighted by atomic mass is 10.3. The van der Waals surface area contributed by atoms with E-state index >= 15 is 0 Å². The molecule has 0 bridgehead atoms. The molecule has 4 nitrogen and oxygen atoms in total. The fourth-order valence-corrected chi connectivity index (χ4v) is 2.30. The van der Waals surface area contributed by atoms with Gasteiger partial charge in [0.05, 0.1) is 6.10 Å². The van der Waals surface area contributed by atoms with Crippen molar-refractivity contribution in [3.63, 3.8) is 0 Å². The first-order valence-electron chi connectivity index (χ1n) is 6.08. The molecule has 1 aliphatic rings. The van der Waals surface area contributed by atoms with Gasteiger partial charge in [0.1, 0.15) is 12.1 Å². The van der Waals surface area contributed by atoms with Crippen molar-refractivity contribution >= 4 is 16.8 Å². The van der Waals surface area contributed by atoms with Crippen LogP contribution in [0.1, 0.15) is 31.6 Å². The van der Waals surface area contributed by atoms with Crippen molar-refractivity contribution in [2.75, 3.05) is 5.73 Å². The highest BCUT2D eigenvalue weighted by Crippen LogP contribution is 2.23. The topological polar surface area (TPSA) is 61.3 Å².